The van der Waals surface area contributed by atoms with Crippen molar-refractivity contribution in [2.75, 3.05) is 30.6 Å². The lowest BCUT2D eigenvalue weighted by Gasteiger charge is -2.08. The van der Waals surface area contributed by atoms with Gasteiger partial charge in [0.15, 0.2) is 4.34 Å². The Labute approximate surface area is 175 Å². The van der Waals surface area contributed by atoms with Crippen LogP contribution >= 0.6 is 23.1 Å². The first-order chi connectivity index (χ1) is 14.1. The van der Waals surface area contributed by atoms with Gasteiger partial charge in [-0.15, -0.1) is 10.2 Å². The van der Waals surface area contributed by atoms with Gasteiger partial charge in [0.1, 0.15) is 11.5 Å². The number of anilines is 2. The van der Waals surface area contributed by atoms with E-state index in [0.717, 1.165) is 0 Å². The van der Waals surface area contributed by atoms with Crippen molar-refractivity contribution in [3.63, 3.8) is 0 Å². The minimum atomic E-state index is -0.314. The molecular formula is C19H18N4O4S2. The van der Waals surface area contributed by atoms with E-state index in [1.165, 1.54) is 30.2 Å². The number of carbonyl (C=O) groups excluding carboxylic acids is 2. The molecule has 1 aromatic heterocycles. The number of para-hydroxylation sites is 2. The van der Waals surface area contributed by atoms with Gasteiger partial charge in [0.2, 0.25) is 11.0 Å². The molecule has 3 rings (SSSR count). The van der Waals surface area contributed by atoms with E-state index in [9.17, 15) is 9.59 Å². The standard InChI is InChI=1S/C19H18N4O4S2/c1-26-13-7-5-6-12(10-13)17(25)21-18-22-23-19(29-18)28-11-16(24)20-14-8-3-4-9-15(14)27-2/h3-10H,11H2,1-2H3,(H,20,24)(H,21,22,25). The van der Waals surface area contributed by atoms with Crippen LogP contribution in [0.5, 0.6) is 11.5 Å². The number of nitrogens with zero attached hydrogens (tertiary/aromatic N) is 2. The van der Waals surface area contributed by atoms with Gasteiger partial charge >= 0.3 is 0 Å². The molecule has 0 spiro atoms. The lowest BCUT2D eigenvalue weighted by molar-refractivity contribution is -0.113. The Hall–Kier alpha value is -3.11. The number of nitrogens with one attached hydrogen (secondary N) is 2. The van der Waals surface area contributed by atoms with Crippen molar-refractivity contribution in [1.82, 2.24) is 10.2 Å². The number of methoxy groups -OCH3 is 2. The predicted molar refractivity (Wildman–Crippen MR) is 113 cm³/mol. The second-order valence-electron chi connectivity index (χ2n) is 5.60. The Morgan fingerprint density at radius 1 is 1.03 bits per heavy atom. The van der Waals surface area contributed by atoms with Gasteiger partial charge in [0.25, 0.3) is 5.91 Å². The second-order valence-corrected chi connectivity index (χ2v) is 7.80. The monoisotopic (exact) mass is 430 g/mol. The second kappa shape index (κ2) is 9.89. The summed E-state index contributed by atoms with van der Waals surface area (Å²) in [5.41, 5.74) is 1.05. The van der Waals surface area contributed by atoms with Crippen molar-refractivity contribution in [2.24, 2.45) is 0 Å². The fraction of sp³-hybridized carbons (Fsp3) is 0.158. The predicted octanol–water partition coefficient (Wildman–Crippen LogP) is 3.54. The third kappa shape index (κ3) is 5.69. The van der Waals surface area contributed by atoms with Gasteiger partial charge in [-0.25, -0.2) is 0 Å². The summed E-state index contributed by atoms with van der Waals surface area (Å²) in [6.45, 7) is 0. The molecular weight excluding hydrogens is 412 g/mol. The highest BCUT2D eigenvalue weighted by atomic mass is 32.2. The maximum absolute atomic E-state index is 12.3. The van der Waals surface area contributed by atoms with Gasteiger partial charge in [0.05, 0.1) is 25.7 Å². The lowest BCUT2D eigenvalue weighted by Crippen LogP contribution is -2.14. The number of rotatable bonds is 8. The number of amides is 2. The smallest absolute Gasteiger partial charge is 0.257 e. The first-order valence-corrected chi connectivity index (χ1v) is 10.2. The molecule has 3 aromatic rings. The zero-order valence-corrected chi connectivity index (χ0v) is 17.3. The maximum atomic E-state index is 12.3. The van der Waals surface area contributed by atoms with Crippen LogP contribution in [0.2, 0.25) is 0 Å². The molecule has 2 N–H and O–H groups in total. The first kappa shape index (κ1) is 20.6. The van der Waals surface area contributed by atoms with Crippen LogP contribution in [0.1, 0.15) is 10.4 Å². The van der Waals surface area contributed by atoms with E-state index in [0.29, 0.717) is 32.2 Å². The Bertz CT molecular complexity index is 1010. The van der Waals surface area contributed by atoms with E-state index in [4.69, 9.17) is 9.47 Å². The van der Waals surface area contributed by atoms with Gasteiger partial charge in [0, 0.05) is 5.56 Å². The number of carbonyl (C=O) groups is 2. The fourth-order valence-electron chi connectivity index (χ4n) is 2.31. The van der Waals surface area contributed by atoms with Gasteiger partial charge in [-0.2, -0.15) is 0 Å². The van der Waals surface area contributed by atoms with Gasteiger partial charge in [-0.3, -0.25) is 14.9 Å². The number of hydrogen-bond donors (Lipinski definition) is 2. The van der Waals surface area contributed by atoms with Crippen molar-refractivity contribution in [1.29, 1.82) is 0 Å². The molecule has 0 unspecified atom stereocenters. The average Bonchev–Trinajstić information content (AvgIpc) is 3.20. The van der Waals surface area contributed by atoms with Crippen molar-refractivity contribution < 1.29 is 19.1 Å². The number of ether oxygens (including phenoxy) is 2. The van der Waals surface area contributed by atoms with E-state index < -0.39 is 0 Å². The molecule has 0 fully saturated rings. The van der Waals surface area contributed by atoms with Crippen molar-refractivity contribution in [2.45, 2.75) is 4.34 Å². The van der Waals surface area contributed by atoms with Crippen molar-refractivity contribution >= 4 is 45.7 Å². The maximum Gasteiger partial charge on any atom is 0.257 e. The van der Waals surface area contributed by atoms with Crippen molar-refractivity contribution in [3.8, 4) is 11.5 Å². The SMILES string of the molecule is COc1cccc(C(=O)Nc2nnc(SCC(=O)Nc3ccccc3OC)s2)c1. The van der Waals surface area contributed by atoms with Gasteiger partial charge < -0.3 is 14.8 Å². The Balaban J connectivity index is 1.53. The van der Waals surface area contributed by atoms with E-state index in [1.807, 2.05) is 12.1 Å². The first-order valence-electron chi connectivity index (χ1n) is 8.43. The highest BCUT2D eigenvalue weighted by Crippen LogP contribution is 2.27. The lowest BCUT2D eigenvalue weighted by atomic mass is 10.2. The molecule has 0 aliphatic rings. The molecule has 29 heavy (non-hydrogen) atoms. The fourth-order valence-corrected chi connectivity index (χ4v) is 3.86. The summed E-state index contributed by atoms with van der Waals surface area (Å²) in [5, 5.41) is 13.8. The summed E-state index contributed by atoms with van der Waals surface area (Å²) in [7, 11) is 3.08. The molecule has 0 saturated carbocycles. The highest BCUT2D eigenvalue weighted by molar-refractivity contribution is 8.01. The number of benzene rings is 2. The highest BCUT2D eigenvalue weighted by Gasteiger charge is 2.13. The molecule has 1 heterocycles. The van der Waals surface area contributed by atoms with E-state index in [-0.39, 0.29) is 17.6 Å². The van der Waals surface area contributed by atoms with E-state index in [1.54, 1.807) is 43.5 Å². The van der Waals surface area contributed by atoms with Crippen LogP contribution in [-0.2, 0) is 4.79 Å². The molecule has 0 radical (unpaired) electrons. The topological polar surface area (TPSA) is 102 Å². The minimum absolute atomic E-state index is 0.149. The van der Waals surface area contributed by atoms with E-state index in [2.05, 4.69) is 20.8 Å². The van der Waals surface area contributed by atoms with Crippen LogP contribution in [0.3, 0.4) is 0 Å². The molecule has 0 saturated heterocycles. The number of aromatic nitrogens is 2. The summed E-state index contributed by atoms with van der Waals surface area (Å²) in [5.74, 6) is 0.815. The molecule has 150 valence electrons. The van der Waals surface area contributed by atoms with Crippen LogP contribution in [0.25, 0.3) is 0 Å². The van der Waals surface area contributed by atoms with E-state index >= 15 is 0 Å². The minimum Gasteiger partial charge on any atom is -0.497 e. The number of hydrogen-bond acceptors (Lipinski definition) is 8. The summed E-state index contributed by atoms with van der Waals surface area (Å²) < 4.78 is 10.9. The normalized spacial score (nSPS) is 10.3. The number of thioether (sulfide) groups is 1. The molecule has 2 amide bonds. The van der Waals surface area contributed by atoms with Crippen LogP contribution < -0.4 is 20.1 Å². The summed E-state index contributed by atoms with van der Waals surface area (Å²) >= 11 is 2.43. The molecule has 8 nitrogen and oxygen atoms in total. The van der Waals surface area contributed by atoms with Gasteiger partial charge in [-0.1, -0.05) is 41.3 Å². The quantitative estimate of drug-likeness (QED) is 0.416. The van der Waals surface area contributed by atoms with Crippen LogP contribution in [0, 0.1) is 0 Å². The molecule has 10 heteroatoms. The third-order valence-corrected chi connectivity index (χ3v) is 5.64. The Kier molecular flexibility index (Phi) is 7.04. The largest absolute Gasteiger partial charge is 0.497 e. The van der Waals surface area contributed by atoms with Gasteiger partial charge in [-0.05, 0) is 30.3 Å². The summed E-state index contributed by atoms with van der Waals surface area (Å²) in [4.78, 5) is 24.5. The Morgan fingerprint density at radius 2 is 1.86 bits per heavy atom. The van der Waals surface area contributed by atoms with Crippen molar-refractivity contribution in [3.05, 3.63) is 54.1 Å². The third-order valence-electron chi connectivity index (χ3n) is 3.67. The zero-order valence-electron chi connectivity index (χ0n) is 15.7. The van der Waals surface area contributed by atoms with Crippen LogP contribution in [0.4, 0.5) is 10.8 Å². The molecule has 0 bridgehead atoms. The molecule has 0 aliphatic heterocycles. The molecule has 0 atom stereocenters. The Morgan fingerprint density at radius 3 is 2.66 bits per heavy atom. The molecule has 0 aliphatic carbocycles. The molecule has 2 aromatic carbocycles. The van der Waals surface area contributed by atoms with Crippen LogP contribution in [0.15, 0.2) is 52.9 Å². The zero-order chi connectivity index (χ0) is 20.6. The summed E-state index contributed by atoms with van der Waals surface area (Å²) in [6, 6.07) is 14.0. The summed E-state index contributed by atoms with van der Waals surface area (Å²) in [6.07, 6.45) is 0. The average molecular weight is 431 g/mol. The van der Waals surface area contributed by atoms with Crippen LogP contribution in [-0.4, -0.2) is 42.0 Å².